The van der Waals surface area contributed by atoms with Gasteiger partial charge < -0.3 is 9.47 Å². The third-order valence-electron chi connectivity index (χ3n) is 9.29. The summed E-state index contributed by atoms with van der Waals surface area (Å²) in [6.07, 6.45) is 11.5. The molecule has 5 nitrogen and oxygen atoms in total. The van der Waals surface area contributed by atoms with E-state index in [-0.39, 0.29) is 52.2 Å². The van der Waals surface area contributed by atoms with Gasteiger partial charge in [0.2, 0.25) is 0 Å². The molecule has 29 heavy (non-hydrogen) atoms. The Labute approximate surface area is 171 Å². The first-order chi connectivity index (χ1) is 13.7. The van der Waals surface area contributed by atoms with E-state index in [1.807, 2.05) is 0 Å². The molecule has 0 N–H and O–H groups in total. The summed E-state index contributed by atoms with van der Waals surface area (Å²) in [4.78, 5) is 37.1. The number of carbonyl (C=O) groups excluding carboxylic acids is 3. The first-order valence-corrected chi connectivity index (χ1v) is 11.0. The molecule has 0 aromatic rings. The molecule has 1 saturated heterocycles. The van der Waals surface area contributed by atoms with Gasteiger partial charge in [-0.05, 0) is 61.3 Å². The summed E-state index contributed by atoms with van der Waals surface area (Å²) in [5.41, 5.74) is 0.326. The third kappa shape index (κ3) is 2.36. The van der Waals surface area contributed by atoms with Crippen LogP contribution in [0.15, 0.2) is 23.8 Å². The van der Waals surface area contributed by atoms with E-state index in [9.17, 15) is 14.4 Å². The molecule has 1 spiro atoms. The van der Waals surface area contributed by atoms with Crippen LogP contribution in [0.25, 0.3) is 0 Å². The predicted octanol–water partition coefficient (Wildman–Crippen LogP) is 3.77. The molecule has 3 fully saturated rings. The highest BCUT2D eigenvalue weighted by molar-refractivity contribution is 5.92. The van der Waals surface area contributed by atoms with Gasteiger partial charge in [0, 0.05) is 18.3 Å². The summed E-state index contributed by atoms with van der Waals surface area (Å²) in [5.74, 6) is 0.250. The molecule has 5 heteroatoms. The smallest absolute Gasteiger partial charge is 0.309 e. The van der Waals surface area contributed by atoms with E-state index in [2.05, 4.69) is 26.0 Å². The van der Waals surface area contributed by atoms with Crippen LogP contribution in [0.4, 0.5) is 0 Å². The SMILES string of the molecule is COC(=O)[C@@H]1CC2=CC(=O)CC[C@]2(C)C2C=C[C@@]3(C)C(CC[C@@]34CCC(=O)O4)C21. The van der Waals surface area contributed by atoms with E-state index in [1.54, 1.807) is 6.08 Å². The fourth-order valence-electron chi connectivity index (χ4n) is 7.61. The van der Waals surface area contributed by atoms with Crippen LogP contribution in [0.3, 0.4) is 0 Å². The Kier molecular flexibility index (Phi) is 3.98. The Morgan fingerprint density at radius 1 is 1.17 bits per heavy atom. The van der Waals surface area contributed by atoms with Crippen molar-refractivity contribution in [3.05, 3.63) is 23.8 Å². The molecule has 7 atom stereocenters. The zero-order valence-corrected chi connectivity index (χ0v) is 17.5. The van der Waals surface area contributed by atoms with Crippen LogP contribution in [0.1, 0.15) is 58.8 Å². The van der Waals surface area contributed by atoms with Gasteiger partial charge in [-0.3, -0.25) is 14.4 Å². The maximum Gasteiger partial charge on any atom is 0.309 e. The zero-order valence-electron chi connectivity index (χ0n) is 17.5. The van der Waals surface area contributed by atoms with Crippen molar-refractivity contribution >= 4 is 17.7 Å². The van der Waals surface area contributed by atoms with Crippen molar-refractivity contribution in [2.24, 2.45) is 34.5 Å². The van der Waals surface area contributed by atoms with Crippen molar-refractivity contribution in [3.8, 4) is 0 Å². The molecule has 156 valence electrons. The topological polar surface area (TPSA) is 69.7 Å². The average Bonchev–Trinajstić information content (AvgIpc) is 3.22. The highest BCUT2D eigenvalue weighted by Crippen LogP contribution is 2.68. The molecule has 0 aromatic heterocycles. The Hall–Kier alpha value is -1.91. The normalized spacial score (nSPS) is 47.9. The monoisotopic (exact) mass is 398 g/mol. The van der Waals surface area contributed by atoms with Crippen LogP contribution < -0.4 is 0 Å². The van der Waals surface area contributed by atoms with Gasteiger partial charge >= 0.3 is 11.9 Å². The standard InChI is InChI=1S/C24H30O5/c1-22-8-4-15(25)12-14(22)13-16(21(27)28-3)20-17(22)5-9-23(2)18(20)6-10-24(23)11-7-19(26)29-24/h5,9,12,16-18,20H,4,6-8,10-11,13H2,1-3H3/t16-,17?,18?,20?,22+,23+,24-/m1/s1. The fourth-order valence-corrected chi connectivity index (χ4v) is 7.61. The van der Waals surface area contributed by atoms with Gasteiger partial charge in [0.1, 0.15) is 5.60 Å². The second kappa shape index (κ2) is 6.05. The third-order valence-corrected chi connectivity index (χ3v) is 9.29. The highest BCUT2D eigenvalue weighted by Gasteiger charge is 2.67. The van der Waals surface area contributed by atoms with Gasteiger partial charge in [0.15, 0.2) is 5.78 Å². The first kappa shape index (κ1) is 19.1. The molecular formula is C24H30O5. The number of ketones is 1. The molecule has 1 aliphatic heterocycles. The minimum Gasteiger partial charge on any atom is -0.469 e. The largest absolute Gasteiger partial charge is 0.469 e. The Morgan fingerprint density at radius 2 is 1.97 bits per heavy atom. The average molecular weight is 398 g/mol. The van der Waals surface area contributed by atoms with Crippen molar-refractivity contribution < 1.29 is 23.9 Å². The number of hydrogen-bond donors (Lipinski definition) is 0. The molecule has 2 saturated carbocycles. The number of methoxy groups -OCH3 is 1. The quantitative estimate of drug-likeness (QED) is 0.497. The van der Waals surface area contributed by atoms with E-state index < -0.39 is 5.60 Å². The lowest BCUT2D eigenvalue weighted by molar-refractivity contribution is -0.162. The van der Waals surface area contributed by atoms with Crippen molar-refractivity contribution in [2.75, 3.05) is 7.11 Å². The summed E-state index contributed by atoms with van der Waals surface area (Å²) in [5, 5.41) is 0. The maximum atomic E-state index is 12.9. The van der Waals surface area contributed by atoms with E-state index in [0.717, 1.165) is 31.3 Å². The minimum absolute atomic E-state index is 0.0942. The molecule has 3 unspecified atom stereocenters. The molecule has 0 radical (unpaired) electrons. The Morgan fingerprint density at radius 3 is 2.66 bits per heavy atom. The maximum absolute atomic E-state index is 12.9. The van der Waals surface area contributed by atoms with Crippen molar-refractivity contribution in [1.29, 1.82) is 0 Å². The molecule has 5 rings (SSSR count). The highest BCUT2D eigenvalue weighted by atomic mass is 16.6. The van der Waals surface area contributed by atoms with Gasteiger partial charge in [-0.2, -0.15) is 0 Å². The second-order valence-electron chi connectivity index (χ2n) is 10.2. The molecule has 0 bridgehead atoms. The number of allylic oxidation sites excluding steroid dienone is 3. The van der Waals surface area contributed by atoms with Crippen molar-refractivity contribution in [1.82, 2.24) is 0 Å². The summed E-state index contributed by atoms with van der Waals surface area (Å²) in [6.45, 7) is 4.49. The number of esters is 2. The predicted molar refractivity (Wildman–Crippen MR) is 106 cm³/mol. The van der Waals surface area contributed by atoms with Crippen LogP contribution in [-0.4, -0.2) is 30.4 Å². The number of ether oxygens (including phenoxy) is 2. The van der Waals surface area contributed by atoms with Gasteiger partial charge in [0.05, 0.1) is 13.0 Å². The number of hydrogen-bond acceptors (Lipinski definition) is 5. The van der Waals surface area contributed by atoms with Crippen LogP contribution >= 0.6 is 0 Å². The van der Waals surface area contributed by atoms with Crippen LogP contribution in [-0.2, 0) is 23.9 Å². The van der Waals surface area contributed by atoms with Crippen molar-refractivity contribution in [3.63, 3.8) is 0 Å². The number of fused-ring (bicyclic) bond motifs is 6. The lowest BCUT2D eigenvalue weighted by Crippen LogP contribution is -2.56. The summed E-state index contributed by atoms with van der Waals surface area (Å²) in [6, 6.07) is 0. The lowest BCUT2D eigenvalue weighted by atomic mass is 9.46. The zero-order chi connectivity index (χ0) is 20.6. The first-order valence-electron chi connectivity index (χ1n) is 11.0. The van der Waals surface area contributed by atoms with Crippen molar-refractivity contribution in [2.45, 2.75) is 64.4 Å². The lowest BCUT2D eigenvalue weighted by Gasteiger charge is -2.58. The van der Waals surface area contributed by atoms with E-state index in [4.69, 9.17) is 9.47 Å². The number of carbonyl (C=O) groups is 3. The molecule has 1 heterocycles. The van der Waals surface area contributed by atoms with Crippen LogP contribution in [0.5, 0.6) is 0 Å². The molecule has 0 aromatic carbocycles. The minimum atomic E-state index is -0.434. The second-order valence-corrected chi connectivity index (χ2v) is 10.2. The number of rotatable bonds is 1. The molecule has 0 amide bonds. The molecular weight excluding hydrogens is 368 g/mol. The summed E-state index contributed by atoms with van der Waals surface area (Å²) < 4.78 is 11.2. The van der Waals surface area contributed by atoms with E-state index >= 15 is 0 Å². The molecule has 4 aliphatic carbocycles. The summed E-state index contributed by atoms with van der Waals surface area (Å²) in [7, 11) is 1.46. The van der Waals surface area contributed by atoms with Gasteiger partial charge in [-0.25, -0.2) is 0 Å². The van der Waals surface area contributed by atoms with Crippen LogP contribution in [0.2, 0.25) is 0 Å². The molecule has 5 aliphatic rings. The Balaban J connectivity index is 1.63. The Bertz CT molecular complexity index is 855. The van der Waals surface area contributed by atoms with Gasteiger partial charge in [-0.1, -0.05) is 31.6 Å². The van der Waals surface area contributed by atoms with E-state index in [0.29, 0.717) is 19.3 Å². The fraction of sp³-hybridized carbons (Fsp3) is 0.708. The van der Waals surface area contributed by atoms with Gasteiger partial charge in [0.25, 0.3) is 0 Å². The van der Waals surface area contributed by atoms with Gasteiger partial charge in [-0.15, -0.1) is 0 Å². The van der Waals surface area contributed by atoms with Crippen LogP contribution in [0, 0.1) is 34.5 Å². The summed E-state index contributed by atoms with van der Waals surface area (Å²) >= 11 is 0. The van der Waals surface area contributed by atoms with E-state index in [1.165, 1.54) is 7.11 Å².